The molecule has 5 nitrogen and oxygen atoms in total. The zero-order chi connectivity index (χ0) is 13.0. The summed E-state index contributed by atoms with van der Waals surface area (Å²) in [7, 11) is -3.35. The molecule has 0 aliphatic heterocycles. The Labute approximate surface area is 97.3 Å². The molecule has 0 bridgehead atoms. The third kappa shape index (κ3) is 5.46. The Morgan fingerprint density at radius 1 is 1.38 bits per heavy atom. The number of nitrogens with one attached hydrogen (secondary N) is 1. The number of carboxylic acid groups (broad SMARTS) is 1. The summed E-state index contributed by atoms with van der Waals surface area (Å²) in [6, 6.07) is -0.233. The van der Waals surface area contributed by atoms with Crippen LogP contribution in [0.1, 0.15) is 47.0 Å². The predicted octanol–water partition coefficient (Wildman–Crippen LogP) is 1.35. The van der Waals surface area contributed by atoms with E-state index in [-0.39, 0.29) is 12.5 Å². The van der Waals surface area contributed by atoms with Crippen molar-refractivity contribution in [3.05, 3.63) is 0 Å². The molecule has 2 N–H and O–H groups in total. The van der Waals surface area contributed by atoms with Gasteiger partial charge in [0, 0.05) is 12.5 Å². The normalized spacial score (nSPS) is 14.8. The molecule has 0 rings (SSSR count). The topological polar surface area (TPSA) is 83.5 Å². The van der Waals surface area contributed by atoms with Crippen LogP contribution in [0.5, 0.6) is 0 Å². The van der Waals surface area contributed by atoms with Crippen molar-refractivity contribution in [3.63, 3.8) is 0 Å². The number of hydrogen-bond donors (Lipinski definition) is 2. The lowest BCUT2D eigenvalue weighted by Gasteiger charge is -2.23. The van der Waals surface area contributed by atoms with Crippen molar-refractivity contribution in [1.29, 1.82) is 0 Å². The first-order valence-electron chi connectivity index (χ1n) is 5.30. The number of rotatable bonds is 6. The maximum absolute atomic E-state index is 11.7. The molecular weight excluding hydrogens is 230 g/mol. The molecule has 0 aromatic rings. The van der Waals surface area contributed by atoms with Crippen LogP contribution in [0.2, 0.25) is 0 Å². The molecule has 1 unspecified atom stereocenters. The van der Waals surface area contributed by atoms with Crippen LogP contribution in [0.15, 0.2) is 0 Å². The van der Waals surface area contributed by atoms with Crippen LogP contribution in [-0.2, 0) is 14.8 Å². The molecule has 0 aliphatic carbocycles. The van der Waals surface area contributed by atoms with Crippen LogP contribution in [0.3, 0.4) is 0 Å². The molecule has 16 heavy (non-hydrogen) atoms. The highest BCUT2D eigenvalue weighted by atomic mass is 32.2. The molecule has 0 radical (unpaired) electrons. The van der Waals surface area contributed by atoms with Gasteiger partial charge in [-0.25, -0.2) is 13.1 Å². The number of sulfonamides is 1. The quantitative estimate of drug-likeness (QED) is 0.746. The van der Waals surface area contributed by atoms with Gasteiger partial charge in [0.05, 0.1) is 4.75 Å². The first kappa shape index (κ1) is 15.4. The molecule has 0 aromatic carbocycles. The Balaban J connectivity index is 4.16. The monoisotopic (exact) mass is 251 g/mol. The Morgan fingerprint density at radius 2 is 1.88 bits per heavy atom. The van der Waals surface area contributed by atoms with Gasteiger partial charge in [0.25, 0.3) is 0 Å². The highest BCUT2D eigenvalue weighted by Crippen LogP contribution is 2.14. The Hall–Kier alpha value is -0.620. The van der Waals surface area contributed by atoms with Crippen molar-refractivity contribution in [2.24, 2.45) is 0 Å². The summed E-state index contributed by atoms with van der Waals surface area (Å²) < 4.78 is 25.2. The molecule has 0 heterocycles. The molecular formula is C10H21NO4S. The van der Waals surface area contributed by atoms with Crippen LogP contribution in [0, 0.1) is 0 Å². The van der Waals surface area contributed by atoms with Crippen LogP contribution < -0.4 is 4.72 Å². The van der Waals surface area contributed by atoms with E-state index in [9.17, 15) is 13.2 Å². The molecule has 6 heteroatoms. The lowest BCUT2D eigenvalue weighted by molar-refractivity contribution is -0.137. The molecule has 1 atom stereocenters. The van der Waals surface area contributed by atoms with Crippen molar-refractivity contribution in [2.75, 3.05) is 0 Å². The van der Waals surface area contributed by atoms with Gasteiger partial charge in [-0.2, -0.15) is 0 Å². The van der Waals surface area contributed by atoms with Gasteiger partial charge in [-0.15, -0.1) is 0 Å². The smallest absolute Gasteiger partial charge is 0.303 e. The molecule has 0 saturated heterocycles. The van der Waals surface area contributed by atoms with Gasteiger partial charge < -0.3 is 5.11 Å². The van der Waals surface area contributed by atoms with Gasteiger partial charge in [0.2, 0.25) is 10.0 Å². The van der Waals surface area contributed by atoms with Gasteiger partial charge in [-0.1, -0.05) is 0 Å². The fourth-order valence-electron chi connectivity index (χ4n) is 1.06. The molecule has 96 valence electrons. The maximum Gasteiger partial charge on any atom is 0.303 e. The van der Waals surface area contributed by atoms with Gasteiger partial charge in [-0.05, 0) is 40.5 Å². The standard InChI is InChI=1S/C10H21NO4S/c1-8(6-5-7-9(12)13)11-16(14,15)10(2,3)4/h8,11H,5-7H2,1-4H3,(H,12,13). The second kappa shape index (κ2) is 5.63. The van der Waals surface area contributed by atoms with Crippen molar-refractivity contribution < 1.29 is 18.3 Å². The second-order valence-electron chi connectivity index (χ2n) is 4.92. The van der Waals surface area contributed by atoms with E-state index in [1.807, 2.05) is 0 Å². The minimum absolute atomic E-state index is 0.0710. The lowest BCUT2D eigenvalue weighted by atomic mass is 10.1. The number of aliphatic carboxylic acids is 1. The van der Waals surface area contributed by atoms with E-state index < -0.39 is 20.7 Å². The third-order valence-corrected chi connectivity index (χ3v) is 4.52. The fraction of sp³-hybridized carbons (Fsp3) is 0.900. The molecule has 0 spiro atoms. The Kier molecular flexibility index (Phi) is 5.41. The van der Waals surface area contributed by atoms with Crippen LogP contribution in [-0.4, -0.2) is 30.3 Å². The van der Waals surface area contributed by atoms with Crippen molar-refractivity contribution >= 4 is 16.0 Å². The van der Waals surface area contributed by atoms with Gasteiger partial charge in [-0.3, -0.25) is 4.79 Å². The van der Waals surface area contributed by atoms with E-state index in [1.54, 1.807) is 27.7 Å². The first-order valence-corrected chi connectivity index (χ1v) is 6.78. The third-order valence-electron chi connectivity index (χ3n) is 2.19. The summed E-state index contributed by atoms with van der Waals surface area (Å²) in [5, 5.41) is 8.45. The summed E-state index contributed by atoms with van der Waals surface area (Å²) in [5.74, 6) is -0.856. The van der Waals surface area contributed by atoms with Crippen molar-refractivity contribution in [1.82, 2.24) is 4.72 Å². The SMILES string of the molecule is CC(CCCC(=O)O)NS(=O)(=O)C(C)(C)C. The van der Waals surface area contributed by atoms with Gasteiger partial charge in [0.1, 0.15) is 0 Å². The van der Waals surface area contributed by atoms with Crippen molar-refractivity contribution in [3.8, 4) is 0 Å². The second-order valence-corrected chi connectivity index (χ2v) is 7.39. The summed E-state index contributed by atoms with van der Waals surface area (Å²) in [6.45, 7) is 6.61. The minimum atomic E-state index is -3.35. The molecule has 0 saturated carbocycles. The average molecular weight is 251 g/mol. The van der Waals surface area contributed by atoms with Crippen LogP contribution in [0.25, 0.3) is 0 Å². The zero-order valence-corrected chi connectivity index (χ0v) is 11.1. The predicted molar refractivity (Wildman–Crippen MR) is 62.8 cm³/mol. The summed E-state index contributed by atoms with van der Waals surface area (Å²) in [6.07, 6.45) is 1.08. The van der Waals surface area contributed by atoms with E-state index in [4.69, 9.17) is 5.11 Å². The highest BCUT2D eigenvalue weighted by molar-refractivity contribution is 7.90. The van der Waals surface area contributed by atoms with E-state index >= 15 is 0 Å². The Bertz CT molecular complexity index is 329. The number of hydrogen-bond acceptors (Lipinski definition) is 3. The van der Waals surface area contributed by atoms with Crippen LogP contribution >= 0.6 is 0 Å². The minimum Gasteiger partial charge on any atom is -0.481 e. The molecule has 0 fully saturated rings. The zero-order valence-electron chi connectivity index (χ0n) is 10.3. The Morgan fingerprint density at radius 3 is 2.25 bits per heavy atom. The van der Waals surface area contributed by atoms with Gasteiger partial charge in [0.15, 0.2) is 0 Å². The molecule has 0 aliphatic rings. The first-order chi connectivity index (χ1) is 7.06. The molecule has 0 aromatic heterocycles. The fourth-order valence-corrected chi connectivity index (χ4v) is 2.06. The highest BCUT2D eigenvalue weighted by Gasteiger charge is 2.29. The maximum atomic E-state index is 11.7. The molecule has 0 amide bonds. The van der Waals surface area contributed by atoms with Gasteiger partial charge >= 0.3 is 5.97 Å². The van der Waals surface area contributed by atoms with E-state index in [2.05, 4.69) is 4.72 Å². The van der Waals surface area contributed by atoms with Crippen molar-refractivity contribution in [2.45, 2.75) is 57.7 Å². The van der Waals surface area contributed by atoms with E-state index in [0.717, 1.165) is 0 Å². The van der Waals surface area contributed by atoms with Crippen LogP contribution in [0.4, 0.5) is 0 Å². The lowest BCUT2D eigenvalue weighted by Crippen LogP contribution is -2.43. The number of carbonyl (C=O) groups is 1. The largest absolute Gasteiger partial charge is 0.481 e. The van der Waals surface area contributed by atoms with E-state index in [0.29, 0.717) is 12.8 Å². The number of carboxylic acids is 1. The summed E-state index contributed by atoms with van der Waals surface area (Å²) >= 11 is 0. The summed E-state index contributed by atoms with van der Waals surface area (Å²) in [4.78, 5) is 10.3. The van der Waals surface area contributed by atoms with E-state index in [1.165, 1.54) is 0 Å². The summed E-state index contributed by atoms with van der Waals surface area (Å²) in [5.41, 5.74) is 0. The average Bonchev–Trinajstić information content (AvgIpc) is 1.99.